The number of nitrogens with zero attached hydrogens (tertiary/aromatic N) is 5. The van der Waals surface area contributed by atoms with Crippen LogP contribution in [0.25, 0.3) is 5.95 Å². The smallest absolute Gasteiger partial charge is 0.251 e. The topological polar surface area (TPSA) is 75.9 Å². The summed E-state index contributed by atoms with van der Waals surface area (Å²) in [7, 11) is 0. The third-order valence-electron chi connectivity index (χ3n) is 4.65. The molecule has 3 rings (SSSR count). The number of rotatable bonds is 3. The highest BCUT2D eigenvalue weighted by molar-refractivity contribution is 5.85. The van der Waals surface area contributed by atoms with Crippen LogP contribution in [0.15, 0.2) is 6.07 Å². The summed E-state index contributed by atoms with van der Waals surface area (Å²) in [6.07, 6.45) is 0.370. The Labute approximate surface area is 160 Å². The minimum Gasteiger partial charge on any atom is -0.340 e. The molecule has 3 heterocycles. The number of piperazine rings is 1. The Kier molecular flexibility index (Phi) is 6.36. The molecule has 0 bridgehead atoms. The van der Waals surface area contributed by atoms with Crippen LogP contribution in [-0.2, 0) is 11.2 Å². The number of amides is 1. The van der Waals surface area contributed by atoms with Gasteiger partial charge in [-0.15, -0.1) is 12.4 Å². The predicted molar refractivity (Wildman–Crippen MR) is 103 cm³/mol. The van der Waals surface area contributed by atoms with Gasteiger partial charge in [-0.05, 0) is 40.7 Å². The first-order chi connectivity index (χ1) is 11.8. The van der Waals surface area contributed by atoms with Crippen LogP contribution in [0.2, 0.25) is 0 Å². The van der Waals surface area contributed by atoms with Gasteiger partial charge in [0, 0.05) is 48.3 Å². The summed E-state index contributed by atoms with van der Waals surface area (Å²) >= 11 is 0. The number of halogens is 1. The van der Waals surface area contributed by atoms with Crippen molar-refractivity contribution in [2.24, 2.45) is 0 Å². The largest absolute Gasteiger partial charge is 0.340 e. The fourth-order valence-corrected chi connectivity index (χ4v) is 3.35. The van der Waals surface area contributed by atoms with Gasteiger partial charge in [0.1, 0.15) is 0 Å². The second-order valence-electron chi connectivity index (χ2n) is 6.88. The monoisotopic (exact) mass is 378 g/mol. The highest BCUT2D eigenvalue weighted by Crippen LogP contribution is 2.18. The van der Waals surface area contributed by atoms with Crippen LogP contribution >= 0.6 is 12.4 Å². The minimum absolute atomic E-state index is 0. The molecule has 1 unspecified atom stereocenters. The predicted octanol–water partition coefficient (Wildman–Crippen LogP) is 1.68. The zero-order chi connectivity index (χ0) is 18.1. The van der Waals surface area contributed by atoms with Crippen molar-refractivity contribution < 1.29 is 4.79 Å². The van der Waals surface area contributed by atoms with E-state index in [1.165, 1.54) is 0 Å². The maximum Gasteiger partial charge on any atom is 0.251 e. The number of aromatic nitrogens is 4. The molecule has 0 aromatic carbocycles. The molecule has 0 saturated carbocycles. The number of carbonyl (C=O) groups excluding carboxylic acids is 1. The van der Waals surface area contributed by atoms with E-state index in [2.05, 4.69) is 27.3 Å². The maximum atomic E-state index is 12.7. The lowest BCUT2D eigenvalue weighted by atomic mass is 10.1. The van der Waals surface area contributed by atoms with E-state index in [1.807, 2.05) is 38.7 Å². The van der Waals surface area contributed by atoms with Crippen LogP contribution in [0.4, 0.5) is 0 Å². The van der Waals surface area contributed by atoms with Crippen molar-refractivity contribution >= 4 is 18.3 Å². The average Bonchev–Trinajstić information content (AvgIpc) is 2.82. The summed E-state index contributed by atoms with van der Waals surface area (Å²) in [5, 5.41) is 7.95. The summed E-state index contributed by atoms with van der Waals surface area (Å²) in [6.45, 7) is 12.3. The molecule has 142 valence electrons. The standard InChI is InChI=1S/C18H26N6O.ClH/c1-11-8-12(2)21-18(20-11)24-15(5)16(14(4)22-24)9-17(25)23-7-6-19-13(3)10-23;/h8,13,19H,6-7,9-10H2,1-5H3;1H. The Bertz CT molecular complexity index is 783. The van der Waals surface area contributed by atoms with Gasteiger partial charge in [0.15, 0.2) is 0 Å². The van der Waals surface area contributed by atoms with Crippen LogP contribution in [0, 0.1) is 27.7 Å². The van der Waals surface area contributed by atoms with Gasteiger partial charge >= 0.3 is 0 Å². The molecule has 1 N–H and O–H groups in total. The summed E-state index contributed by atoms with van der Waals surface area (Å²) < 4.78 is 1.75. The average molecular weight is 379 g/mol. The second-order valence-corrected chi connectivity index (χ2v) is 6.88. The lowest BCUT2D eigenvalue weighted by Crippen LogP contribution is -2.51. The van der Waals surface area contributed by atoms with Crippen molar-refractivity contribution in [2.75, 3.05) is 19.6 Å². The molecular formula is C18H27ClN6O. The molecule has 7 nitrogen and oxygen atoms in total. The fourth-order valence-electron chi connectivity index (χ4n) is 3.35. The van der Waals surface area contributed by atoms with E-state index in [-0.39, 0.29) is 18.3 Å². The molecule has 0 aliphatic carbocycles. The highest BCUT2D eigenvalue weighted by atomic mass is 35.5. The van der Waals surface area contributed by atoms with Gasteiger partial charge in [-0.25, -0.2) is 14.6 Å². The van der Waals surface area contributed by atoms with Crippen LogP contribution in [0.1, 0.15) is 35.3 Å². The van der Waals surface area contributed by atoms with Gasteiger partial charge < -0.3 is 10.2 Å². The van der Waals surface area contributed by atoms with Crippen LogP contribution in [-0.4, -0.2) is 56.2 Å². The number of hydrogen-bond donors (Lipinski definition) is 1. The number of carbonyl (C=O) groups is 1. The molecule has 1 amide bonds. The lowest BCUT2D eigenvalue weighted by Gasteiger charge is -2.32. The Balaban J connectivity index is 0.00000243. The van der Waals surface area contributed by atoms with Gasteiger partial charge in [-0.3, -0.25) is 4.79 Å². The molecule has 2 aromatic heterocycles. The molecule has 1 fully saturated rings. The van der Waals surface area contributed by atoms with E-state index >= 15 is 0 Å². The third kappa shape index (κ3) is 4.22. The van der Waals surface area contributed by atoms with Gasteiger partial charge in [-0.2, -0.15) is 5.10 Å². The molecule has 2 aromatic rings. The second kappa shape index (κ2) is 8.14. The molecule has 1 atom stereocenters. The first kappa shape index (κ1) is 20.3. The summed E-state index contributed by atoms with van der Waals surface area (Å²) in [6, 6.07) is 2.27. The van der Waals surface area contributed by atoms with E-state index in [4.69, 9.17) is 0 Å². The SMILES string of the molecule is Cc1cc(C)nc(-n2nc(C)c(CC(=O)N3CCNC(C)C3)c2C)n1.Cl. The van der Waals surface area contributed by atoms with E-state index in [0.29, 0.717) is 18.4 Å². The Morgan fingerprint density at radius 1 is 1.23 bits per heavy atom. The van der Waals surface area contributed by atoms with Crippen molar-refractivity contribution in [3.8, 4) is 5.95 Å². The van der Waals surface area contributed by atoms with Gasteiger partial charge in [-0.1, -0.05) is 0 Å². The number of nitrogens with one attached hydrogen (secondary N) is 1. The molecular weight excluding hydrogens is 352 g/mol. The summed E-state index contributed by atoms with van der Waals surface area (Å²) in [4.78, 5) is 23.6. The lowest BCUT2D eigenvalue weighted by molar-refractivity contribution is -0.131. The Morgan fingerprint density at radius 3 is 2.50 bits per heavy atom. The van der Waals surface area contributed by atoms with Gasteiger partial charge in [0.05, 0.1) is 12.1 Å². The van der Waals surface area contributed by atoms with E-state index in [1.54, 1.807) is 4.68 Å². The van der Waals surface area contributed by atoms with Crippen molar-refractivity contribution in [3.05, 3.63) is 34.4 Å². The summed E-state index contributed by atoms with van der Waals surface area (Å²) in [5.41, 5.74) is 4.57. The quantitative estimate of drug-likeness (QED) is 0.879. The van der Waals surface area contributed by atoms with E-state index in [0.717, 1.165) is 48.0 Å². The molecule has 1 aliphatic heterocycles. The fraction of sp³-hybridized carbons (Fsp3) is 0.556. The number of aryl methyl sites for hydroxylation is 3. The normalized spacial score (nSPS) is 17.1. The number of hydrogen-bond acceptors (Lipinski definition) is 5. The Morgan fingerprint density at radius 2 is 1.88 bits per heavy atom. The molecule has 0 radical (unpaired) electrons. The molecule has 8 heteroatoms. The van der Waals surface area contributed by atoms with Crippen molar-refractivity contribution in [2.45, 2.75) is 47.1 Å². The van der Waals surface area contributed by atoms with Gasteiger partial charge in [0.25, 0.3) is 5.95 Å². The first-order valence-electron chi connectivity index (χ1n) is 8.74. The minimum atomic E-state index is 0. The van der Waals surface area contributed by atoms with Crippen molar-refractivity contribution in [1.82, 2.24) is 30.0 Å². The zero-order valence-corrected chi connectivity index (χ0v) is 16.9. The molecule has 26 heavy (non-hydrogen) atoms. The zero-order valence-electron chi connectivity index (χ0n) is 16.0. The summed E-state index contributed by atoms with van der Waals surface area (Å²) in [5.74, 6) is 0.716. The van der Waals surface area contributed by atoms with E-state index in [9.17, 15) is 4.79 Å². The molecule has 0 spiro atoms. The third-order valence-corrected chi connectivity index (χ3v) is 4.65. The van der Waals surface area contributed by atoms with Crippen LogP contribution < -0.4 is 5.32 Å². The van der Waals surface area contributed by atoms with E-state index < -0.39 is 0 Å². The molecule has 1 saturated heterocycles. The van der Waals surface area contributed by atoms with Crippen LogP contribution in [0.5, 0.6) is 0 Å². The van der Waals surface area contributed by atoms with Crippen molar-refractivity contribution in [1.29, 1.82) is 0 Å². The highest BCUT2D eigenvalue weighted by Gasteiger charge is 2.23. The Hall–Kier alpha value is -1.99. The van der Waals surface area contributed by atoms with Crippen molar-refractivity contribution in [3.63, 3.8) is 0 Å². The van der Waals surface area contributed by atoms with Crippen LogP contribution in [0.3, 0.4) is 0 Å². The molecule has 1 aliphatic rings. The first-order valence-corrected chi connectivity index (χ1v) is 8.74. The van der Waals surface area contributed by atoms with Gasteiger partial charge in [0.2, 0.25) is 5.91 Å². The maximum absolute atomic E-state index is 12.7.